The lowest BCUT2D eigenvalue weighted by atomic mass is 9.91. The van der Waals surface area contributed by atoms with Crippen molar-refractivity contribution in [2.45, 2.75) is 37.6 Å². The summed E-state index contributed by atoms with van der Waals surface area (Å²) < 4.78 is 4.80. The third-order valence-corrected chi connectivity index (χ3v) is 2.20. The molecule has 0 bridgehead atoms. The number of ether oxygens (including phenoxy) is 1. The Labute approximate surface area is 76.8 Å². The molecule has 0 radical (unpaired) electrons. The third kappa shape index (κ3) is 2.54. The average molecular weight is 186 g/mol. The molecule has 0 aromatic heterocycles. The summed E-state index contributed by atoms with van der Waals surface area (Å²) in [4.78, 5) is 10.8. The molecule has 1 aliphatic carbocycles. The Morgan fingerprint density at radius 1 is 1.54 bits per heavy atom. The first-order valence-electron chi connectivity index (χ1n) is 4.34. The van der Waals surface area contributed by atoms with Crippen LogP contribution in [-0.4, -0.2) is 28.1 Å². The van der Waals surface area contributed by atoms with Crippen LogP contribution in [0.25, 0.3) is 0 Å². The summed E-state index contributed by atoms with van der Waals surface area (Å²) in [5.41, 5.74) is 0. The largest absolute Gasteiger partial charge is 0.453 e. The van der Waals surface area contributed by atoms with E-state index in [0.717, 1.165) is 18.9 Å². The predicted molar refractivity (Wildman–Crippen MR) is 45.7 cm³/mol. The van der Waals surface area contributed by atoms with Gasteiger partial charge in [-0.15, -0.1) is 0 Å². The van der Waals surface area contributed by atoms with Crippen LogP contribution in [0.4, 0.5) is 0 Å². The molecular weight excluding hydrogens is 172 g/mol. The van der Waals surface area contributed by atoms with Crippen molar-refractivity contribution >= 4 is 5.97 Å². The van der Waals surface area contributed by atoms with Crippen LogP contribution < -0.4 is 0 Å². The van der Waals surface area contributed by atoms with Gasteiger partial charge in [0, 0.05) is 12.5 Å². The van der Waals surface area contributed by atoms with Gasteiger partial charge in [-0.1, -0.05) is 6.58 Å². The van der Waals surface area contributed by atoms with Gasteiger partial charge in [-0.25, -0.2) is 4.79 Å². The van der Waals surface area contributed by atoms with E-state index in [9.17, 15) is 15.0 Å². The fraction of sp³-hybridized carbons (Fsp3) is 0.667. The van der Waals surface area contributed by atoms with E-state index in [4.69, 9.17) is 4.74 Å². The van der Waals surface area contributed by atoms with Crippen LogP contribution >= 0.6 is 0 Å². The van der Waals surface area contributed by atoms with E-state index in [1.54, 1.807) is 0 Å². The van der Waals surface area contributed by atoms with Crippen molar-refractivity contribution in [1.29, 1.82) is 0 Å². The maximum Gasteiger partial charge on any atom is 0.330 e. The smallest absolute Gasteiger partial charge is 0.330 e. The highest BCUT2D eigenvalue weighted by Gasteiger charge is 2.39. The molecule has 1 unspecified atom stereocenters. The van der Waals surface area contributed by atoms with Gasteiger partial charge >= 0.3 is 5.97 Å². The maximum atomic E-state index is 10.8. The zero-order chi connectivity index (χ0) is 9.90. The standard InChI is InChI=1S/C9H14O4/c1-2-8(10)13-7-5-3-4-6-9(7,11)12/h2,7,11-12H,1,3-6H2. The van der Waals surface area contributed by atoms with Gasteiger partial charge in [0.25, 0.3) is 0 Å². The molecule has 1 rings (SSSR count). The molecular formula is C9H14O4. The molecule has 0 amide bonds. The molecule has 0 heterocycles. The van der Waals surface area contributed by atoms with Gasteiger partial charge in [0.1, 0.15) is 0 Å². The van der Waals surface area contributed by atoms with Gasteiger partial charge in [-0.3, -0.25) is 0 Å². The minimum atomic E-state index is -1.86. The highest BCUT2D eigenvalue weighted by Crippen LogP contribution is 2.28. The van der Waals surface area contributed by atoms with E-state index in [-0.39, 0.29) is 6.42 Å². The van der Waals surface area contributed by atoms with Crippen LogP contribution in [0.1, 0.15) is 25.7 Å². The Bertz CT molecular complexity index is 210. The van der Waals surface area contributed by atoms with Gasteiger partial charge in [-0.2, -0.15) is 0 Å². The van der Waals surface area contributed by atoms with Crippen molar-refractivity contribution in [2.24, 2.45) is 0 Å². The van der Waals surface area contributed by atoms with Crippen LogP contribution in [0.3, 0.4) is 0 Å². The van der Waals surface area contributed by atoms with Crippen molar-refractivity contribution in [1.82, 2.24) is 0 Å². The summed E-state index contributed by atoms with van der Waals surface area (Å²) in [5.74, 6) is -2.48. The molecule has 0 saturated heterocycles. The number of hydrogen-bond donors (Lipinski definition) is 2. The summed E-state index contributed by atoms with van der Waals surface area (Å²) in [7, 11) is 0. The molecule has 4 heteroatoms. The quantitative estimate of drug-likeness (QED) is 0.371. The van der Waals surface area contributed by atoms with Crippen LogP contribution in [0.15, 0.2) is 12.7 Å². The summed E-state index contributed by atoms with van der Waals surface area (Å²) >= 11 is 0. The van der Waals surface area contributed by atoms with E-state index in [0.29, 0.717) is 6.42 Å². The predicted octanol–water partition coefficient (Wildman–Crippen LogP) is 0.339. The lowest BCUT2D eigenvalue weighted by molar-refractivity contribution is -0.248. The zero-order valence-corrected chi connectivity index (χ0v) is 7.40. The number of carbonyl (C=O) groups is 1. The lowest BCUT2D eigenvalue weighted by Crippen LogP contribution is -2.46. The van der Waals surface area contributed by atoms with Gasteiger partial charge in [-0.05, 0) is 19.3 Å². The second kappa shape index (κ2) is 3.89. The highest BCUT2D eigenvalue weighted by molar-refractivity contribution is 5.81. The summed E-state index contributed by atoms with van der Waals surface area (Å²) in [6.45, 7) is 3.24. The van der Waals surface area contributed by atoms with Crippen molar-refractivity contribution in [3.8, 4) is 0 Å². The van der Waals surface area contributed by atoms with Crippen LogP contribution in [0.5, 0.6) is 0 Å². The van der Waals surface area contributed by atoms with Crippen molar-refractivity contribution in [2.75, 3.05) is 0 Å². The number of hydrogen-bond acceptors (Lipinski definition) is 4. The van der Waals surface area contributed by atoms with Crippen molar-refractivity contribution in [3.05, 3.63) is 12.7 Å². The molecule has 0 aliphatic heterocycles. The number of carbonyl (C=O) groups excluding carboxylic acids is 1. The fourth-order valence-electron chi connectivity index (χ4n) is 1.45. The maximum absolute atomic E-state index is 10.8. The Hall–Kier alpha value is -0.870. The molecule has 0 aromatic rings. The minimum Gasteiger partial charge on any atom is -0.453 e. The monoisotopic (exact) mass is 186 g/mol. The topological polar surface area (TPSA) is 66.8 Å². The van der Waals surface area contributed by atoms with Crippen molar-refractivity contribution in [3.63, 3.8) is 0 Å². The second-order valence-corrected chi connectivity index (χ2v) is 3.25. The van der Waals surface area contributed by atoms with E-state index in [2.05, 4.69) is 6.58 Å². The van der Waals surface area contributed by atoms with Gasteiger partial charge in [0.05, 0.1) is 0 Å². The van der Waals surface area contributed by atoms with Crippen LogP contribution in [0.2, 0.25) is 0 Å². The molecule has 2 N–H and O–H groups in total. The summed E-state index contributed by atoms with van der Waals surface area (Å²) in [6, 6.07) is 0. The number of rotatable bonds is 2. The summed E-state index contributed by atoms with van der Waals surface area (Å²) in [6.07, 6.45) is 2.54. The normalized spacial score (nSPS) is 26.5. The highest BCUT2D eigenvalue weighted by atomic mass is 16.6. The molecule has 0 spiro atoms. The lowest BCUT2D eigenvalue weighted by Gasteiger charge is -2.34. The summed E-state index contributed by atoms with van der Waals surface area (Å²) in [5, 5.41) is 18.8. The molecule has 1 fully saturated rings. The Balaban J connectivity index is 2.55. The van der Waals surface area contributed by atoms with Gasteiger partial charge < -0.3 is 14.9 Å². The van der Waals surface area contributed by atoms with Crippen LogP contribution in [-0.2, 0) is 9.53 Å². The van der Waals surface area contributed by atoms with Gasteiger partial charge in [0.15, 0.2) is 6.10 Å². The molecule has 4 nitrogen and oxygen atoms in total. The SMILES string of the molecule is C=CC(=O)OC1CCCCC1(O)O. The molecule has 1 saturated carbocycles. The van der Waals surface area contributed by atoms with Crippen molar-refractivity contribution < 1.29 is 19.7 Å². The molecule has 1 atom stereocenters. The Morgan fingerprint density at radius 2 is 2.23 bits per heavy atom. The third-order valence-electron chi connectivity index (χ3n) is 2.20. The van der Waals surface area contributed by atoms with E-state index in [1.165, 1.54) is 0 Å². The second-order valence-electron chi connectivity index (χ2n) is 3.25. The Morgan fingerprint density at radius 3 is 2.77 bits per heavy atom. The molecule has 13 heavy (non-hydrogen) atoms. The van der Waals surface area contributed by atoms with E-state index >= 15 is 0 Å². The number of aliphatic hydroxyl groups is 2. The first-order valence-corrected chi connectivity index (χ1v) is 4.34. The average Bonchev–Trinajstić information content (AvgIpc) is 2.08. The Kier molecular flexibility index (Phi) is 3.06. The minimum absolute atomic E-state index is 0.252. The zero-order valence-electron chi connectivity index (χ0n) is 7.40. The fourth-order valence-corrected chi connectivity index (χ4v) is 1.45. The van der Waals surface area contributed by atoms with Crippen LogP contribution in [0, 0.1) is 0 Å². The van der Waals surface area contributed by atoms with Gasteiger partial charge in [0.2, 0.25) is 5.79 Å². The molecule has 1 aliphatic rings. The number of esters is 1. The van der Waals surface area contributed by atoms with E-state index < -0.39 is 17.9 Å². The molecule has 74 valence electrons. The first-order chi connectivity index (χ1) is 6.06. The molecule has 0 aromatic carbocycles. The van der Waals surface area contributed by atoms with E-state index in [1.807, 2.05) is 0 Å². The first kappa shape index (κ1) is 10.2.